The molecule has 4 rings (SSSR count). The first-order valence-electron chi connectivity index (χ1n) is 11.8. The third-order valence-corrected chi connectivity index (χ3v) is 7.03. The van der Waals surface area contributed by atoms with Crippen molar-refractivity contribution < 1.29 is 9.59 Å². The molecule has 0 saturated carbocycles. The molecule has 0 atom stereocenters. The number of likely N-dealkylation sites (tertiary alicyclic amines) is 2. The molecule has 4 heterocycles. The van der Waals surface area contributed by atoms with Crippen LogP contribution >= 0.6 is 0 Å². The topological polar surface area (TPSA) is 94.6 Å². The molecule has 2 aliphatic heterocycles. The number of hydrogen-bond donors (Lipinski definition) is 0. The van der Waals surface area contributed by atoms with Crippen LogP contribution in [0.5, 0.6) is 0 Å². The molecule has 0 radical (unpaired) electrons. The Bertz CT molecular complexity index is 1040. The predicted molar refractivity (Wildman–Crippen MR) is 120 cm³/mol. The summed E-state index contributed by atoms with van der Waals surface area (Å²) in [7, 11) is 0. The van der Waals surface area contributed by atoms with Gasteiger partial charge in [0.05, 0.1) is 6.20 Å². The van der Waals surface area contributed by atoms with E-state index in [1.165, 1.54) is 19.0 Å². The van der Waals surface area contributed by atoms with Crippen LogP contribution in [0, 0.1) is 31.1 Å². The molecular formula is C24H32N6O2. The zero-order chi connectivity index (χ0) is 22.7. The standard InChI is InChI=1S/C24H32N6O2/c1-17-21(18(2)30-23(27-17)20(15-25)16-26-30)7-8-22(31)28-13-9-19(10-14-28)24(32)29-11-5-3-4-6-12-29/h16,19H,3-14H2,1-2H3. The Morgan fingerprint density at radius 3 is 2.41 bits per heavy atom. The van der Waals surface area contributed by atoms with Crippen molar-refractivity contribution in [1.29, 1.82) is 5.26 Å². The van der Waals surface area contributed by atoms with Crippen LogP contribution in [-0.4, -0.2) is 62.4 Å². The summed E-state index contributed by atoms with van der Waals surface area (Å²) in [4.78, 5) is 34.3. The fourth-order valence-corrected chi connectivity index (χ4v) is 5.07. The second-order valence-electron chi connectivity index (χ2n) is 9.06. The Balaban J connectivity index is 1.33. The van der Waals surface area contributed by atoms with Crippen molar-refractivity contribution in [3.8, 4) is 6.07 Å². The van der Waals surface area contributed by atoms with Gasteiger partial charge in [-0.2, -0.15) is 10.4 Å². The lowest BCUT2D eigenvalue weighted by molar-refractivity contribution is -0.140. The molecule has 2 fully saturated rings. The zero-order valence-corrected chi connectivity index (χ0v) is 19.1. The molecule has 170 valence electrons. The Kier molecular flexibility index (Phi) is 6.73. The van der Waals surface area contributed by atoms with Crippen LogP contribution in [0.2, 0.25) is 0 Å². The molecule has 0 spiro atoms. The molecule has 0 N–H and O–H groups in total. The minimum absolute atomic E-state index is 0.0578. The van der Waals surface area contributed by atoms with Gasteiger partial charge in [0.25, 0.3) is 0 Å². The average molecular weight is 437 g/mol. The van der Waals surface area contributed by atoms with Crippen LogP contribution in [0.15, 0.2) is 6.20 Å². The second-order valence-corrected chi connectivity index (χ2v) is 9.06. The first-order chi connectivity index (χ1) is 15.5. The van der Waals surface area contributed by atoms with Gasteiger partial charge in [-0.3, -0.25) is 9.59 Å². The fourth-order valence-electron chi connectivity index (χ4n) is 5.07. The Morgan fingerprint density at radius 2 is 1.75 bits per heavy atom. The number of aryl methyl sites for hydroxylation is 2. The van der Waals surface area contributed by atoms with Gasteiger partial charge < -0.3 is 9.80 Å². The number of hydrogen-bond acceptors (Lipinski definition) is 5. The first kappa shape index (κ1) is 22.3. The molecule has 2 amide bonds. The summed E-state index contributed by atoms with van der Waals surface area (Å²) >= 11 is 0. The molecule has 0 aromatic carbocycles. The third-order valence-electron chi connectivity index (χ3n) is 7.03. The molecule has 0 unspecified atom stereocenters. The number of nitrogens with zero attached hydrogens (tertiary/aromatic N) is 6. The largest absolute Gasteiger partial charge is 0.343 e. The molecule has 8 heteroatoms. The monoisotopic (exact) mass is 436 g/mol. The molecule has 0 aliphatic carbocycles. The van der Waals surface area contributed by atoms with Crippen LogP contribution in [-0.2, 0) is 16.0 Å². The van der Waals surface area contributed by atoms with E-state index in [-0.39, 0.29) is 11.8 Å². The van der Waals surface area contributed by atoms with E-state index in [1.807, 2.05) is 18.7 Å². The molecule has 8 nitrogen and oxygen atoms in total. The summed E-state index contributed by atoms with van der Waals surface area (Å²) in [6, 6.07) is 2.12. The van der Waals surface area contributed by atoms with E-state index in [4.69, 9.17) is 0 Å². The van der Waals surface area contributed by atoms with Crippen molar-refractivity contribution in [2.75, 3.05) is 26.2 Å². The Hall–Kier alpha value is -2.95. The van der Waals surface area contributed by atoms with Crippen LogP contribution in [0.1, 0.15) is 67.5 Å². The number of carbonyl (C=O) groups excluding carboxylic acids is 2. The zero-order valence-electron chi connectivity index (χ0n) is 19.1. The number of amides is 2. The van der Waals surface area contributed by atoms with Crippen LogP contribution in [0.4, 0.5) is 0 Å². The highest BCUT2D eigenvalue weighted by molar-refractivity contribution is 5.80. The molecule has 2 aromatic heterocycles. The van der Waals surface area contributed by atoms with Crippen molar-refractivity contribution in [3.05, 3.63) is 28.7 Å². The van der Waals surface area contributed by atoms with Gasteiger partial charge in [-0.15, -0.1) is 0 Å². The molecular weight excluding hydrogens is 404 g/mol. The van der Waals surface area contributed by atoms with Gasteiger partial charge in [-0.05, 0) is 51.5 Å². The van der Waals surface area contributed by atoms with E-state index in [9.17, 15) is 14.9 Å². The van der Waals surface area contributed by atoms with Crippen molar-refractivity contribution in [1.82, 2.24) is 24.4 Å². The third kappa shape index (κ3) is 4.47. The van der Waals surface area contributed by atoms with Gasteiger partial charge >= 0.3 is 0 Å². The van der Waals surface area contributed by atoms with E-state index in [2.05, 4.69) is 21.1 Å². The molecule has 0 bridgehead atoms. The van der Waals surface area contributed by atoms with Crippen LogP contribution in [0.3, 0.4) is 0 Å². The summed E-state index contributed by atoms with van der Waals surface area (Å²) in [6.45, 7) is 6.96. The maximum absolute atomic E-state index is 12.9. The van der Waals surface area contributed by atoms with E-state index < -0.39 is 0 Å². The summed E-state index contributed by atoms with van der Waals surface area (Å²) < 4.78 is 1.69. The van der Waals surface area contributed by atoms with Crippen LogP contribution in [0.25, 0.3) is 5.65 Å². The lowest BCUT2D eigenvalue weighted by Crippen LogP contribution is -2.44. The second kappa shape index (κ2) is 9.68. The molecule has 2 saturated heterocycles. The number of carbonyl (C=O) groups is 2. The number of nitriles is 1. The highest BCUT2D eigenvalue weighted by Crippen LogP contribution is 2.23. The van der Waals surface area contributed by atoms with Crippen molar-refractivity contribution in [2.45, 2.75) is 65.2 Å². The van der Waals surface area contributed by atoms with Gasteiger partial charge in [0, 0.05) is 49.9 Å². The van der Waals surface area contributed by atoms with Gasteiger partial charge in [-0.1, -0.05) is 12.8 Å². The van der Waals surface area contributed by atoms with E-state index in [1.54, 1.807) is 4.52 Å². The van der Waals surface area contributed by atoms with E-state index >= 15 is 0 Å². The first-order valence-corrected chi connectivity index (χ1v) is 11.8. The normalized spacial score (nSPS) is 17.9. The minimum Gasteiger partial charge on any atom is -0.343 e. The summed E-state index contributed by atoms with van der Waals surface area (Å²) in [6.07, 6.45) is 8.71. The average Bonchev–Trinajstić information content (AvgIpc) is 3.02. The predicted octanol–water partition coefficient (Wildman–Crippen LogP) is 2.79. The highest BCUT2D eigenvalue weighted by Gasteiger charge is 2.30. The fraction of sp³-hybridized carbons (Fsp3) is 0.625. The van der Waals surface area contributed by atoms with Gasteiger partial charge in [-0.25, -0.2) is 9.50 Å². The maximum atomic E-state index is 12.9. The number of aromatic nitrogens is 3. The Morgan fingerprint density at radius 1 is 1.06 bits per heavy atom. The van der Waals surface area contributed by atoms with E-state index in [0.29, 0.717) is 43.0 Å². The van der Waals surface area contributed by atoms with Gasteiger partial charge in [0.2, 0.25) is 11.8 Å². The minimum atomic E-state index is 0.0578. The number of piperidine rings is 1. The van der Waals surface area contributed by atoms with Gasteiger partial charge in [0.1, 0.15) is 11.6 Å². The van der Waals surface area contributed by atoms with Crippen molar-refractivity contribution >= 4 is 17.5 Å². The van der Waals surface area contributed by atoms with Crippen molar-refractivity contribution in [2.24, 2.45) is 5.92 Å². The van der Waals surface area contributed by atoms with Gasteiger partial charge in [0.15, 0.2) is 5.65 Å². The lowest BCUT2D eigenvalue weighted by Gasteiger charge is -2.34. The SMILES string of the molecule is Cc1nc2c(C#N)cnn2c(C)c1CCC(=O)N1CCC(C(=O)N2CCCCCC2)CC1. The number of rotatable bonds is 4. The highest BCUT2D eigenvalue weighted by atomic mass is 16.2. The smallest absolute Gasteiger partial charge is 0.225 e. The summed E-state index contributed by atoms with van der Waals surface area (Å²) in [5.41, 5.74) is 3.78. The Labute approximate surface area is 189 Å². The van der Waals surface area contributed by atoms with E-state index in [0.717, 1.165) is 55.7 Å². The quantitative estimate of drug-likeness (QED) is 0.735. The molecule has 2 aliphatic rings. The summed E-state index contributed by atoms with van der Waals surface area (Å²) in [5, 5.41) is 13.5. The molecule has 2 aromatic rings. The van der Waals surface area contributed by atoms with Crippen LogP contribution < -0.4 is 0 Å². The van der Waals surface area contributed by atoms with Crippen molar-refractivity contribution in [3.63, 3.8) is 0 Å². The molecule has 32 heavy (non-hydrogen) atoms. The summed E-state index contributed by atoms with van der Waals surface area (Å²) in [5.74, 6) is 0.478. The lowest BCUT2D eigenvalue weighted by atomic mass is 9.94. The maximum Gasteiger partial charge on any atom is 0.225 e. The number of fused-ring (bicyclic) bond motifs is 1.